The van der Waals surface area contributed by atoms with E-state index in [-0.39, 0.29) is 23.0 Å². The second-order valence-electron chi connectivity index (χ2n) is 9.54. The first kappa shape index (κ1) is 30.4. The van der Waals surface area contributed by atoms with Gasteiger partial charge in [0.25, 0.3) is 5.60 Å². The minimum atomic E-state index is -6.07. The predicted molar refractivity (Wildman–Crippen MR) is 140 cm³/mol. The molecule has 2 heterocycles. The molecule has 0 radical (unpaired) electrons. The Kier molecular flexibility index (Phi) is 8.34. The molecular formula is C26H26ClF6N3O3S. The second-order valence-corrected chi connectivity index (χ2v) is 12.0. The highest BCUT2D eigenvalue weighted by atomic mass is 35.5. The number of hydrogen-bond acceptors (Lipinski definition) is 5. The molecule has 0 amide bonds. The van der Waals surface area contributed by atoms with Crippen molar-refractivity contribution in [1.29, 1.82) is 0 Å². The van der Waals surface area contributed by atoms with E-state index in [2.05, 4.69) is 5.10 Å². The number of benzene rings is 2. The van der Waals surface area contributed by atoms with Crippen LogP contribution in [0.25, 0.3) is 5.57 Å². The molecule has 4 rings (SSSR count). The summed E-state index contributed by atoms with van der Waals surface area (Å²) >= 11 is 6.22. The lowest BCUT2D eigenvalue weighted by molar-refractivity contribution is -0.338. The van der Waals surface area contributed by atoms with Crippen LogP contribution in [0, 0.1) is 0 Å². The van der Waals surface area contributed by atoms with Crippen LogP contribution >= 0.6 is 11.6 Å². The molecule has 218 valence electrons. The smallest absolute Gasteiger partial charge is 0.369 e. The fourth-order valence-corrected chi connectivity index (χ4v) is 6.48. The van der Waals surface area contributed by atoms with E-state index in [9.17, 15) is 39.9 Å². The van der Waals surface area contributed by atoms with Gasteiger partial charge in [-0.3, -0.25) is 5.01 Å². The van der Waals surface area contributed by atoms with Crippen LogP contribution in [0.3, 0.4) is 0 Å². The molecule has 1 N–H and O–H groups in total. The van der Waals surface area contributed by atoms with Crippen LogP contribution in [0.2, 0.25) is 5.02 Å². The van der Waals surface area contributed by atoms with Crippen molar-refractivity contribution in [1.82, 2.24) is 4.31 Å². The summed E-state index contributed by atoms with van der Waals surface area (Å²) in [6.45, 7) is 2.28. The summed E-state index contributed by atoms with van der Waals surface area (Å²) in [6.07, 6.45) is -10.3. The average molecular weight is 610 g/mol. The molecular weight excluding hydrogens is 584 g/mol. The largest absolute Gasteiger partial charge is 0.431 e. The second kappa shape index (κ2) is 11.0. The third-order valence-corrected chi connectivity index (χ3v) is 9.30. The normalized spacial score (nSPS) is 19.5. The fraction of sp³-hybridized carbons (Fsp3) is 0.423. The Hall–Kier alpha value is -2.61. The van der Waals surface area contributed by atoms with Gasteiger partial charge in [0.1, 0.15) is 0 Å². The van der Waals surface area contributed by atoms with Gasteiger partial charge in [-0.1, -0.05) is 61.0 Å². The summed E-state index contributed by atoms with van der Waals surface area (Å²) in [6, 6.07) is 11.2. The van der Waals surface area contributed by atoms with Gasteiger partial charge >= 0.3 is 12.4 Å². The predicted octanol–water partition coefficient (Wildman–Crippen LogP) is 6.33. The molecule has 0 bridgehead atoms. The van der Waals surface area contributed by atoms with Gasteiger partial charge in [-0.05, 0) is 41.7 Å². The lowest BCUT2D eigenvalue weighted by Gasteiger charge is -2.32. The third kappa shape index (κ3) is 5.61. The highest BCUT2D eigenvalue weighted by Gasteiger charge is 2.74. The molecule has 0 saturated carbocycles. The van der Waals surface area contributed by atoms with Crippen molar-refractivity contribution in [2.24, 2.45) is 5.10 Å². The van der Waals surface area contributed by atoms with Crippen LogP contribution in [0.15, 0.2) is 59.7 Å². The Morgan fingerprint density at radius 2 is 1.65 bits per heavy atom. The SMILES string of the molecule is CCCS(=O)(=O)N1CC=C(c2ccc(C3CC(C(O)(C(F)(F)F)C(F)(F)F)=NN3c3ccccc3Cl)cc2)CC1. The zero-order valence-corrected chi connectivity index (χ0v) is 22.7. The molecule has 2 aromatic carbocycles. The molecule has 6 nitrogen and oxygen atoms in total. The average Bonchev–Trinajstić information content (AvgIpc) is 3.33. The van der Waals surface area contributed by atoms with Gasteiger partial charge < -0.3 is 5.11 Å². The molecule has 1 atom stereocenters. The van der Waals surface area contributed by atoms with Crippen molar-refractivity contribution < 1.29 is 39.9 Å². The summed E-state index contributed by atoms with van der Waals surface area (Å²) in [5, 5.41) is 14.7. The molecule has 2 aliphatic rings. The van der Waals surface area contributed by atoms with Crippen molar-refractivity contribution in [3.05, 3.63) is 70.8 Å². The molecule has 0 spiro atoms. The first-order valence-corrected chi connectivity index (χ1v) is 14.3. The van der Waals surface area contributed by atoms with Crippen molar-refractivity contribution in [3.63, 3.8) is 0 Å². The third-order valence-electron chi connectivity index (χ3n) is 6.94. The maximum atomic E-state index is 13.7. The molecule has 0 saturated heterocycles. The molecule has 14 heteroatoms. The maximum Gasteiger partial charge on any atom is 0.431 e. The number of hydrazone groups is 1. The van der Waals surface area contributed by atoms with E-state index in [4.69, 9.17) is 11.6 Å². The zero-order chi connectivity index (χ0) is 29.5. The number of para-hydroxylation sites is 1. The van der Waals surface area contributed by atoms with Gasteiger partial charge in [0, 0.05) is 19.5 Å². The molecule has 2 aromatic rings. The van der Waals surface area contributed by atoms with Crippen molar-refractivity contribution in [2.75, 3.05) is 23.9 Å². The van der Waals surface area contributed by atoms with E-state index in [0.29, 0.717) is 24.9 Å². The number of rotatable bonds is 7. The van der Waals surface area contributed by atoms with E-state index >= 15 is 0 Å². The molecule has 0 aliphatic carbocycles. The minimum absolute atomic E-state index is 0.0478. The minimum Gasteiger partial charge on any atom is -0.369 e. The lowest BCUT2D eigenvalue weighted by Crippen LogP contribution is -2.62. The maximum absolute atomic E-state index is 13.7. The van der Waals surface area contributed by atoms with Gasteiger partial charge in [0.15, 0.2) is 0 Å². The van der Waals surface area contributed by atoms with Crippen molar-refractivity contribution in [2.45, 2.75) is 50.2 Å². The van der Waals surface area contributed by atoms with Crippen LogP contribution in [0.5, 0.6) is 0 Å². The summed E-state index contributed by atoms with van der Waals surface area (Å²) in [7, 11) is -3.35. The highest BCUT2D eigenvalue weighted by Crippen LogP contribution is 2.49. The number of halogens is 7. The van der Waals surface area contributed by atoms with E-state index < -0.39 is 46.2 Å². The van der Waals surface area contributed by atoms with Gasteiger partial charge in [-0.15, -0.1) is 0 Å². The summed E-state index contributed by atoms with van der Waals surface area (Å²) < 4.78 is 108. The summed E-state index contributed by atoms with van der Waals surface area (Å²) in [5.74, 6) is 0.0516. The van der Waals surface area contributed by atoms with Crippen LogP contribution in [0.1, 0.15) is 43.4 Å². The number of aliphatic hydroxyl groups is 1. The molecule has 2 aliphatic heterocycles. The number of nitrogens with zero attached hydrogens (tertiary/aromatic N) is 3. The Morgan fingerprint density at radius 3 is 2.17 bits per heavy atom. The van der Waals surface area contributed by atoms with Gasteiger partial charge in [-0.2, -0.15) is 35.7 Å². The monoisotopic (exact) mass is 609 g/mol. The topological polar surface area (TPSA) is 73.2 Å². The standard InChI is InChI=1S/C26H26ClF6N3O3S/c1-2-15-40(38,39)35-13-11-18(12-14-35)17-7-9-19(10-8-17)22-16-23(24(37,25(28,29)30)26(31,32)33)34-36(22)21-6-4-3-5-20(21)27/h3-11,22,37H,2,12-16H2,1H3. The lowest BCUT2D eigenvalue weighted by atomic mass is 9.89. The Bertz CT molecular complexity index is 1390. The summed E-state index contributed by atoms with van der Waals surface area (Å²) in [4.78, 5) is 0. The van der Waals surface area contributed by atoms with E-state index in [1.54, 1.807) is 43.3 Å². The van der Waals surface area contributed by atoms with Gasteiger partial charge in [-0.25, -0.2) is 8.42 Å². The first-order chi connectivity index (χ1) is 18.6. The van der Waals surface area contributed by atoms with E-state index in [1.165, 1.54) is 22.5 Å². The Balaban J connectivity index is 1.66. The zero-order valence-electron chi connectivity index (χ0n) is 21.2. The molecule has 0 fully saturated rings. The van der Waals surface area contributed by atoms with Gasteiger partial charge in [0.05, 0.1) is 28.2 Å². The fourth-order valence-electron chi connectivity index (χ4n) is 4.81. The number of sulfonamides is 1. The first-order valence-electron chi connectivity index (χ1n) is 12.3. The molecule has 0 aromatic heterocycles. The Labute approximate surface area is 232 Å². The number of hydrogen-bond donors (Lipinski definition) is 1. The van der Waals surface area contributed by atoms with Crippen LogP contribution < -0.4 is 5.01 Å². The van der Waals surface area contributed by atoms with Crippen LogP contribution in [-0.2, 0) is 10.0 Å². The van der Waals surface area contributed by atoms with Gasteiger partial charge in [0.2, 0.25) is 10.0 Å². The van der Waals surface area contributed by atoms with Crippen LogP contribution in [0.4, 0.5) is 32.0 Å². The summed E-state index contributed by atoms with van der Waals surface area (Å²) in [5.41, 5.74) is -4.62. The van der Waals surface area contributed by atoms with Crippen molar-refractivity contribution >= 4 is 38.6 Å². The van der Waals surface area contributed by atoms with Crippen LogP contribution in [-0.4, -0.2) is 60.3 Å². The molecule has 1 unspecified atom stereocenters. The number of alkyl halides is 6. The quantitative estimate of drug-likeness (QED) is 0.372. The highest BCUT2D eigenvalue weighted by molar-refractivity contribution is 7.89. The molecule has 40 heavy (non-hydrogen) atoms. The van der Waals surface area contributed by atoms with E-state index in [1.807, 2.05) is 0 Å². The number of anilines is 1. The van der Waals surface area contributed by atoms with E-state index in [0.717, 1.165) is 16.1 Å². The van der Waals surface area contributed by atoms with Crippen molar-refractivity contribution in [3.8, 4) is 0 Å². The Morgan fingerprint density at radius 1 is 1.02 bits per heavy atom.